The van der Waals surface area contributed by atoms with E-state index in [0.717, 1.165) is 0 Å². The molecule has 0 spiro atoms. The lowest BCUT2D eigenvalue weighted by Crippen LogP contribution is -2.27. The fourth-order valence-corrected chi connectivity index (χ4v) is 3.49. The lowest BCUT2D eigenvalue weighted by molar-refractivity contribution is 0.0936. The number of anilines is 1. The summed E-state index contributed by atoms with van der Waals surface area (Å²) < 4.78 is 1.57. The van der Waals surface area contributed by atoms with Gasteiger partial charge >= 0.3 is 0 Å². The maximum Gasteiger partial charge on any atom is 0.271 e. The van der Waals surface area contributed by atoms with Crippen LogP contribution in [-0.2, 0) is 7.05 Å². The van der Waals surface area contributed by atoms with E-state index in [1.807, 2.05) is 0 Å². The molecule has 0 radical (unpaired) electrons. The average molecular weight is 408 g/mol. The number of carbonyl (C=O) groups excluding carboxylic acids is 2. The van der Waals surface area contributed by atoms with E-state index in [1.54, 1.807) is 49.2 Å². The van der Waals surface area contributed by atoms with E-state index < -0.39 is 6.04 Å². The fraction of sp³-hybridized carbons (Fsp3) is 0.167. The van der Waals surface area contributed by atoms with Gasteiger partial charge in [-0.1, -0.05) is 6.07 Å². The number of carbonyl (C=O) groups is 2. The Morgan fingerprint density at radius 1 is 1.10 bits per heavy atom. The average Bonchev–Trinajstić information content (AvgIpc) is 3.36. The van der Waals surface area contributed by atoms with Crippen molar-refractivity contribution >= 4 is 40.0 Å². The van der Waals surface area contributed by atoms with E-state index in [9.17, 15) is 9.59 Å². The number of amides is 2. The van der Waals surface area contributed by atoms with Gasteiger partial charge in [-0.2, -0.15) is 5.10 Å². The minimum atomic E-state index is -0.411. The van der Waals surface area contributed by atoms with E-state index in [2.05, 4.69) is 35.7 Å². The monoisotopic (exact) mass is 408 g/mol. The van der Waals surface area contributed by atoms with Crippen molar-refractivity contribution in [1.29, 1.82) is 0 Å². The van der Waals surface area contributed by atoms with Crippen LogP contribution >= 0.6 is 11.3 Å². The Bertz CT molecular complexity index is 1190. The topological polar surface area (TPSA) is 128 Å². The predicted octanol–water partition coefficient (Wildman–Crippen LogP) is 1.96. The lowest BCUT2D eigenvalue weighted by Gasteiger charge is -2.11. The molecule has 1 unspecified atom stereocenters. The second-order valence-corrected chi connectivity index (χ2v) is 7.22. The van der Waals surface area contributed by atoms with Crippen molar-refractivity contribution in [2.45, 2.75) is 13.0 Å². The molecule has 0 bridgehead atoms. The summed E-state index contributed by atoms with van der Waals surface area (Å²) in [6.07, 6.45) is 5.95. The number of nitrogens with one attached hydrogen (secondary N) is 2. The Hall–Kier alpha value is -3.73. The molecule has 0 fully saturated rings. The van der Waals surface area contributed by atoms with Crippen molar-refractivity contribution in [1.82, 2.24) is 35.0 Å². The van der Waals surface area contributed by atoms with Gasteiger partial charge in [-0.3, -0.25) is 14.3 Å². The van der Waals surface area contributed by atoms with Crippen molar-refractivity contribution in [3.63, 3.8) is 0 Å². The number of pyridine rings is 1. The summed E-state index contributed by atoms with van der Waals surface area (Å²) in [5.74, 6) is -0.218. The van der Waals surface area contributed by atoms with Crippen molar-refractivity contribution in [3.05, 3.63) is 58.7 Å². The number of aromatic nitrogens is 6. The van der Waals surface area contributed by atoms with Gasteiger partial charge in [-0.05, 0) is 19.1 Å². The third kappa shape index (κ3) is 3.80. The second-order valence-electron chi connectivity index (χ2n) is 6.15. The number of hydrogen-bond donors (Lipinski definition) is 2. The van der Waals surface area contributed by atoms with Crippen LogP contribution in [0.3, 0.4) is 0 Å². The fourth-order valence-electron chi connectivity index (χ4n) is 2.68. The van der Waals surface area contributed by atoms with Crippen molar-refractivity contribution in [2.75, 3.05) is 5.32 Å². The summed E-state index contributed by atoms with van der Waals surface area (Å²) in [6, 6.07) is 4.83. The maximum atomic E-state index is 12.7. The standard InChI is InChI=1S/C18H16N8O2S/c1-10(24-17(28)14-11-7-23-26(2)15(11)22-9-21-14)18-20-8-12(29-18)16(27)25-13-5-3-4-6-19-13/h3-10H,1-2H3,(H,24,28)(H,19,25,27). The first-order valence-corrected chi connectivity index (χ1v) is 9.46. The van der Waals surface area contributed by atoms with Gasteiger partial charge in [0.25, 0.3) is 11.8 Å². The lowest BCUT2D eigenvalue weighted by atomic mass is 10.2. The molecule has 4 aromatic heterocycles. The molecule has 2 amide bonds. The highest BCUT2D eigenvalue weighted by Gasteiger charge is 2.20. The first kappa shape index (κ1) is 18.6. The number of rotatable bonds is 5. The first-order chi connectivity index (χ1) is 14.0. The highest BCUT2D eigenvalue weighted by Crippen LogP contribution is 2.22. The summed E-state index contributed by atoms with van der Waals surface area (Å²) in [7, 11) is 1.74. The molecular weight excluding hydrogens is 392 g/mol. The quantitative estimate of drug-likeness (QED) is 0.517. The third-order valence-corrected chi connectivity index (χ3v) is 5.30. The van der Waals surface area contributed by atoms with E-state index in [1.165, 1.54) is 23.9 Å². The molecule has 0 aliphatic heterocycles. The molecule has 11 heteroatoms. The van der Waals surface area contributed by atoms with Gasteiger partial charge in [-0.15, -0.1) is 11.3 Å². The highest BCUT2D eigenvalue weighted by molar-refractivity contribution is 7.13. The summed E-state index contributed by atoms with van der Waals surface area (Å²) in [6.45, 7) is 1.79. The number of thiazole rings is 1. The van der Waals surface area contributed by atoms with Gasteiger partial charge < -0.3 is 10.6 Å². The highest BCUT2D eigenvalue weighted by atomic mass is 32.1. The molecule has 0 saturated heterocycles. The predicted molar refractivity (Wildman–Crippen MR) is 106 cm³/mol. The molecule has 0 saturated carbocycles. The SMILES string of the molecule is CC(NC(=O)c1ncnc2c1cnn2C)c1ncc(C(=O)Nc2ccccn2)s1. The van der Waals surface area contributed by atoms with Gasteiger partial charge in [0, 0.05) is 13.2 Å². The molecule has 1 atom stereocenters. The molecule has 0 aromatic carbocycles. The molecule has 2 N–H and O–H groups in total. The number of nitrogens with zero attached hydrogens (tertiary/aromatic N) is 6. The number of hydrogen-bond acceptors (Lipinski definition) is 8. The second kappa shape index (κ2) is 7.72. The van der Waals surface area contributed by atoms with Crippen LogP contribution in [-0.4, -0.2) is 41.5 Å². The molecule has 0 aliphatic rings. The van der Waals surface area contributed by atoms with Crippen LogP contribution in [0.25, 0.3) is 11.0 Å². The smallest absolute Gasteiger partial charge is 0.271 e. The minimum Gasteiger partial charge on any atom is -0.342 e. The Balaban J connectivity index is 1.47. The number of aryl methyl sites for hydroxylation is 1. The van der Waals surface area contributed by atoms with Gasteiger partial charge in [0.1, 0.15) is 27.7 Å². The van der Waals surface area contributed by atoms with E-state index >= 15 is 0 Å². The molecule has 4 aromatic rings. The zero-order valence-electron chi connectivity index (χ0n) is 15.5. The van der Waals surface area contributed by atoms with Crippen LogP contribution in [0.15, 0.2) is 43.1 Å². The van der Waals surface area contributed by atoms with Gasteiger partial charge in [0.05, 0.1) is 23.8 Å². The van der Waals surface area contributed by atoms with Crippen LogP contribution < -0.4 is 10.6 Å². The summed E-state index contributed by atoms with van der Waals surface area (Å²) in [4.78, 5) is 42.0. The Kier molecular flexibility index (Phi) is 4.96. The molecular formula is C18H16N8O2S. The van der Waals surface area contributed by atoms with E-state index in [0.29, 0.717) is 26.7 Å². The molecule has 146 valence electrons. The van der Waals surface area contributed by atoms with Crippen LogP contribution in [0.2, 0.25) is 0 Å². The Labute approximate surface area is 169 Å². The molecule has 29 heavy (non-hydrogen) atoms. The van der Waals surface area contributed by atoms with Crippen molar-refractivity contribution < 1.29 is 9.59 Å². The van der Waals surface area contributed by atoms with Gasteiger partial charge in [0.15, 0.2) is 5.65 Å². The van der Waals surface area contributed by atoms with Gasteiger partial charge in [-0.25, -0.2) is 19.9 Å². The Morgan fingerprint density at radius 2 is 1.97 bits per heavy atom. The van der Waals surface area contributed by atoms with Crippen molar-refractivity contribution in [3.8, 4) is 0 Å². The molecule has 10 nitrogen and oxygen atoms in total. The zero-order valence-corrected chi connectivity index (χ0v) is 16.3. The third-order valence-electron chi connectivity index (χ3n) is 4.12. The first-order valence-electron chi connectivity index (χ1n) is 8.64. The van der Waals surface area contributed by atoms with Gasteiger partial charge in [0.2, 0.25) is 0 Å². The van der Waals surface area contributed by atoms with Crippen LogP contribution in [0, 0.1) is 0 Å². The van der Waals surface area contributed by atoms with Crippen LogP contribution in [0.5, 0.6) is 0 Å². The van der Waals surface area contributed by atoms with E-state index in [-0.39, 0.29) is 17.5 Å². The van der Waals surface area contributed by atoms with Crippen LogP contribution in [0.4, 0.5) is 5.82 Å². The van der Waals surface area contributed by atoms with E-state index in [4.69, 9.17) is 0 Å². The Morgan fingerprint density at radius 3 is 2.76 bits per heavy atom. The number of fused-ring (bicyclic) bond motifs is 1. The molecule has 4 rings (SSSR count). The largest absolute Gasteiger partial charge is 0.342 e. The maximum absolute atomic E-state index is 12.7. The summed E-state index contributed by atoms with van der Waals surface area (Å²) in [5, 5.41) is 10.8. The zero-order chi connectivity index (χ0) is 20.4. The molecule has 0 aliphatic carbocycles. The minimum absolute atomic E-state index is 0.236. The van der Waals surface area contributed by atoms with Crippen LogP contribution in [0.1, 0.15) is 38.1 Å². The molecule has 4 heterocycles. The van der Waals surface area contributed by atoms with Crippen molar-refractivity contribution in [2.24, 2.45) is 7.05 Å². The normalized spacial score (nSPS) is 11.9. The summed E-state index contributed by atoms with van der Waals surface area (Å²) >= 11 is 1.20. The summed E-state index contributed by atoms with van der Waals surface area (Å²) in [5.41, 5.74) is 0.806.